The lowest BCUT2D eigenvalue weighted by atomic mass is 10.2. The van der Waals surface area contributed by atoms with Crippen LogP contribution in [0.3, 0.4) is 0 Å². The van der Waals surface area contributed by atoms with Crippen molar-refractivity contribution in [1.29, 1.82) is 5.26 Å². The van der Waals surface area contributed by atoms with Gasteiger partial charge in [0, 0.05) is 6.07 Å². The van der Waals surface area contributed by atoms with Crippen LogP contribution in [0.2, 0.25) is 0 Å². The summed E-state index contributed by atoms with van der Waals surface area (Å²) in [4.78, 5) is 26.2. The van der Waals surface area contributed by atoms with Gasteiger partial charge in [0.2, 0.25) is 5.88 Å². The molecule has 4 rings (SSSR count). The summed E-state index contributed by atoms with van der Waals surface area (Å²) in [5, 5.41) is 15.6. The highest BCUT2D eigenvalue weighted by atomic mass is 32.1. The smallest absolute Gasteiger partial charge is 0.260 e. The van der Waals surface area contributed by atoms with Crippen LogP contribution in [-0.2, 0) is 6.42 Å². The van der Waals surface area contributed by atoms with Crippen molar-refractivity contribution >= 4 is 45.0 Å². The molecular formula is C21H17N7O2S. The summed E-state index contributed by atoms with van der Waals surface area (Å²) in [6, 6.07) is 12.9. The van der Waals surface area contributed by atoms with Crippen LogP contribution in [0.15, 0.2) is 42.6 Å². The average molecular weight is 431 g/mol. The van der Waals surface area contributed by atoms with Gasteiger partial charge >= 0.3 is 0 Å². The molecule has 31 heavy (non-hydrogen) atoms. The summed E-state index contributed by atoms with van der Waals surface area (Å²) in [5.74, 6) is 0.509. The molecule has 4 aromatic rings. The first-order valence-corrected chi connectivity index (χ1v) is 10.0. The van der Waals surface area contributed by atoms with E-state index in [-0.39, 0.29) is 12.3 Å². The van der Waals surface area contributed by atoms with Gasteiger partial charge in [0.1, 0.15) is 10.8 Å². The number of carbonyl (C=O) groups is 1. The molecule has 0 atom stereocenters. The molecule has 0 bridgehead atoms. The minimum absolute atomic E-state index is 0.0332. The maximum absolute atomic E-state index is 13.1. The molecule has 0 aliphatic rings. The number of hydrogen-bond donors (Lipinski definition) is 2. The Morgan fingerprint density at radius 3 is 2.77 bits per heavy atom. The summed E-state index contributed by atoms with van der Waals surface area (Å²) >= 11 is 1.16. The fourth-order valence-corrected chi connectivity index (χ4v) is 3.76. The van der Waals surface area contributed by atoms with Crippen molar-refractivity contribution in [2.45, 2.75) is 13.3 Å². The summed E-state index contributed by atoms with van der Waals surface area (Å²) in [5.41, 5.74) is 3.34. The minimum Gasteiger partial charge on any atom is -0.481 e. The zero-order chi connectivity index (χ0) is 21.8. The van der Waals surface area contributed by atoms with Gasteiger partial charge in [-0.25, -0.2) is 9.97 Å². The van der Waals surface area contributed by atoms with Crippen molar-refractivity contribution in [3.8, 4) is 11.9 Å². The predicted octanol–water partition coefficient (Wildman–Crippen LogP) is 3.86. The molecule has 0 saturated carbocycles. The van der Waals surface area contributed by atoms with Crippen molar-refractivity contribution in [2.24, 2.45) is 0 Å². The van der Waals surface area contributed by atoms with Crippen LogP contribution < -0.4 is 15.4 Å². The van der Waals surface area contributed by atoms with Crippen LogP contribution >= 0.6 is 11.5 Å². The van der Waals surface area contributed by atoms with Crippen LogP contribution in [0, 0.1) is 18.3 Å². The molecular weight excluding hydrogens is 414 g/mol. The van der Waals surface area contributed by atoms with Gasteiger partial charge in [-0.1, -0.05) is 12.1 Å². The van der Waals surface area contributed by atoms with E-state index in [1.165, 1.54) is 7.11 Å². The van der Waals surface area contributed by atoms with E-state index < -0.39 is 0 Å². The lowest BCUT2D eigenvalue weighted by Crippen LogP contribution is -2.16. The predicted molar refractivity (Wildman–Crippen MR) is 118 cm³/mol. The molecule has 0 fully saturated rings. The van der Waals surface area contributed by atoms with Crippen LogP contribution in [0.25, 0.3) is 11.0 Å². The van der Waals surface area contributed by atoms with Gasteiger partial charge in [-0.2, -0.15) is 9.64 Å². The third-order valence-corrected chi connectivity index (χ3v) is 5.29. The summed E-state index contributed by atoms with van der Waals surface area (Å²) in [7, 11) is 1.49. The number of pyridine rings is 1. The van der Waals surface area contributed by atoms with E-state index in [1.807, 2.05) is 30.3 Å². The Labute approximate surface area is 181 Å². The van der Waals surface area contributed by atoms with E-state index >= 15 is 0 Å². The first-order valence-electron chi connectivity index (χ1n) is 9.26. The Hall–Kier alpha value is -4.10. The molecule has 0 saturated heterocycles. The van der Waals surface area contributed by atoms with Gasteiger partial charge in [0.25, 0.3) is 5.91 Å². The van der Waals surface area contributed by atoms with Crippen molar-refractivity contribution < 1.29 is 9.53 Å². The van der Waals surface area contributed by atoms with Crippen LogP contribution in [-0.4, -0.2) is 32.3 Å². The second-order valence-electron chi connectivity index (χ2n) is 6.48. The van der Waals surface area contributed by atoms with Crippen molar-refractivity contribution in [3.63, 3.8) is 0 Å². The number of fused-ring (bicyclic) bond motifs is 1. The number of aromatic nitrogens is 4. The van der Waals surface area contributed by atoms with E-state index in [4.69, 9.17) is 10.00 Å². The fraction of sp³-hybridized carbons (Fsp3) is 0.143. The third-order valence-electron chi connectivity index (χ3n) is 4.43. The number of para-hydroxylation sites is 2. The molecule has 2 N–H and O–H groups in total. The lowest BCUT2D eigenvalue weighted by molar-refractivity contribution is 0.102. The highest BCUT2D eigenvalue weighted by molar-refractivity contribution is 7.10. The maximum Gasteiger partial charge on any atom is 0.260 e. The highest BCUT2D eigenvalue weighted by Crippen LogP contribution is 2.29. The minimum atomic E-state index is -0.367. The molecule has 154 valence electrons. The summed E-state index contributed by atoms with van der Waals surface area (Å²) in [6.07, 6.45) is 1.64. The third kappa shape index (κ3) is 4.26. The molecule has 10 heteroatoms. The molecule has 3 heterocycles. The normalized spacial score (nSPS) is 10.5. The highest BCUT2D eigenvalue weighted by Gasteiger charge is 2.21. The Kier molecular flexibility index (Phi) is 5.68. The van der Waals surface area contributed by atoms with E-state index in [0.717, 1.165) is 22.6 Å². The molecule has 0 spiro atoms. The summed E-state index contributed by atoms with van der Waals surface area (Å²) < 4.78 is 9.41. The van der Waals surface area contributed by atoms with Gasteiger partial charge in [-0.05, 0) is 36.7 Å². The fourth-order valence-electron chi connectivity index (χ4n) is 2.96. The number of hydrogen-bond acceptors (Lipinski definition) is 9. The number of anilines is 3. The molecule has 1 aromatic carbocycles. The Balaban J connectivity index is 1.61. The van der Waals surface area contributed by atoms with Gasteiger partial charge in [0.15, 0.2) is 0 Å². The van der Waals surface area contributed by atoms with E-state index in [2.05, 4.69) is 30.0 Å². The molecule has 0 radical (unpaired) electrons. The molecule has 3 aromatic heterocycles. The zero-order valence-corrected chi connectivity index (χ0v) is 17.5. The monoisotopic (exact) mass is 431 g/mol. The van der Waals surface area contributed by atoms with Gasteiger partial charge in [-0.15, -0.1) is 0 Å². The number of methoxy groups -OCH3 is 1. The second-order valence-corrected chi connectivity index (χ2v) is 7.25. The Morgan fingerprint density at radius 2 is 2.00 bits per heavy atom. The van der Waals surface area contributed by atoms with E-state index in [1.54, 1.807) is 25.3 Å². The molecule has 0 unspecified atom stereocenters. The number of rotatable bonds is 6. The first-order chi connectivity index (χ1) is 15.1. The summed E-state index contributed by atoms with van der Waals surface area (Å²) in [6.45, 7) is 1.76. The van der Waals surface area contributed by atoms with Crippen LogP contribution in [0.4, 0.5) is 16.5 Å². The Morgan fingerprint density at radius 1 is 1.19 bits per heavy atom. The largest absolute Gasteiger partial charge is 0.481 e. The lowest BCUT2D eigenvalue weighted by Gasteiger charge is -2.11. The van der Waals surface area contributed by atoms with Crippen molar-refractivity contribution in [1.82, 2.24) is 19.3 Å². The standard InChI is InChI=1S/C21H17N7O2S/c1-12-19(20(29)26-15-7-8-18(30-2)25-16(15)9-10-22)21(31-28-12)27-17-11-23-13-5-3-4-6-14(13)24-17/h3-8,11H,9H2,1-2H3,(H,24,27)(H,26,29). The number of benzene rings is 1. The molecule has 0 aliphatic heterocycles. The SMILES string of the molecule is COc1ccc(NC(=O)c2c(C)nsc2Nc2cnc3ccccc3n2)c(CC#N)n1. The molecule has 1 amide bonds. The van der Waals surface area contributed by atoms with Crippen LogP contribution in [0.1, 0.15) is 21.7 Å². The topological polar surface area (TPSA) is 126 Å². The number of carbonyl (C=O) groups excluding carboxylic acids is 1. The number of ether oxygens (including phenoxy) is 1. The maximum atomic E-state index is 13.1. The number of nitrogens with one attached hydrogen (secondary N) is 2. The average Bonchev–Trinajstić information content (AvgIpc) is 3.15. The van der Waals surface area contributed by atoms with E-state index in [0.29, 0.717) is 39.3 Å². The van der Waals surface area contributed by atoms with Gasteiger partial charge in [-0.3, -0.25) is 9.78 Å². The van der Waals surface area contributed by atoms with Crippen molar-refractivity contribution in [3.05, 3.63) is 59.5 Å². The number of amides is 1. The first kappa shape index (κ1) is 20.2. The van der Waals surface area contributed by atoms with E-state index in [9.17, 15) is 4.79 Å². The number of aryl methyl sites for hydroxylation is 1. The van der Waals surface area contributed by atoms with Crippen LogP contribution in [0.5, 0.6) is 5.88 Å². The number of nitrogens with zero attached hydrogens (tertiary/aromatic N) is 5. The van der Waals surface area contributed by atoms with Gasteiger partial charge in [0.05, 0.1) is 59.5 Å². The number of nitriles is 1. The van der Waals surface area contributed by atoms with Gasteiger partial charge < -0.3 is 15.4 Å². The van der Waals surface area contributed by atoms with Crippen molar-refractivity contribution in [2.75, 3.05) is 17.7 Å². The zero-order valence-electron chi connectivity index (χ0n) is 16.7. The molecule has 0 aliphatic carbocycles. The Bertz CT molecular complexity index is 1310. The quantitative estimate of drug-likeness (QED) is 0.471. The second kappa shape index (κ2) is 8.73. The molecule has 9 nitrogen and oxygen atoms in total.